The van der Waals surface area contributed by atoms with Crippen molar-refractivity contribution in [3.05, 3.63) is 28.7 Å². The summed E-state index contributed by atoms with van der Waals surface area (Å²) in [6, 6.07) is 7.41. The molecular formula is C12H18BrNO3S. The van der Waals surface area contributed by atoms with Gasteiger partial charge in [-0.05, 0) is 45.0 Å². The first-order valence-corrected chi connectivity index (χ1v) is 8.06. The Kier molecular flexibility index (Phi) is 5.62. The molecule has 1 N–H and O–H groups in total. The van der Waals surface area contributed by atoms with Crippen molar-refractivity contribution >= 4 is 26.0 Å². The molecule has 0 saturated heterocycles. The summed E-state index contributed by atoms with van der Waals surface area (Å²) in [4.78, 5) is 0. The molecule has 1 aromatic carbocycles. The molecule has 0 heterocycles. The third kappa shape index (κ3) is 4.96. The lowest BCUT2D eigenvalue weighted by atomic mass is 10.3. The van der Waals surface area contributed by atoms with Gasteiger partial charge in [-0.2, -0.15) is 0 Å². The largest absolute Gasteiger partial charge is 0.489 e. The second kappa shape index (κ2) is 6.54. The van der Waals surface area contributed by atoms with Crippen molar-refractivity contribution in [3.8, 4) is 5.75 Å². The van der Waals surface area contributed by atoms with E-state index in [4.69, 9.17) is 4.74 Å². The maximum Gasteiger partial charge on any atom is 0.214 e. The van der Waals surface area contributed by atoms with Crippen LogP contribution < -0.4 is 9.46 Å². The Morgan fingerprint density at radius 3 is 2.28 bits per heavy atom. The first-order chi connectivity index (χ1) is 8.31. The molecule has 0 spiro atoms. The third-order valence-corrected chi connectivity index (χ3v) is 4.68. The van der Waals surface area contributed by atoms with Crippen LogP contribution in [0.15, 0.2) is 28.7 Å². The van der Waals surface area contributed by atoms with Crippen molar-refractivity contribution in [2.75, 3.05) is 6.54 Å². The maximum atomic E-state index is 11.6. The van der Waals surface area contributed by atoms with Crippen molar-refractivity contribution in [1.29, 1.82) is 0 Å². The normalized spacial score (nSPS) is 13.6. The minimum Gasteiger partial charge on any atom is -0.489 e. The third-order valence-electron chi connectivity index (χ3n) is 2.34. The molecule has 102 valence electrons. The van der Waals surface area contributed by atoms with E-state index in [0.29, 0.717) is 0 Å². The molecule has 18 heavy (non-hydrogen) atoms. The number of halogens is 1. The molecule has 0 fully saturated rings. The van der Waals surface area contributed by atoms with Gasteiger partial charge in [0.25, 0.3) is 0 Å². The van der Waals surface area contributed by atoms with Crippen LogP contribution in [0.2, 0.25) is 0 Å². The van der Waals surface area contributed by atoms with E-state index in [1.165, 1.54) is 0 Å². The Bertz CT molecular complexity index is 471. The molecule has 6 heteroatoms. The summed E-state index contributed by atoms with van der Waals surface area (Å²) < 4.78 is 32.2. The van der Waals surface area contributed by atoms with Crippen molar-refractivity contribution in [1.82, 2.24) is 4.72 Å². The van der Waals surface area contributed by atoms with E-state index in [-0.39, 0.29) is 12.6 Å². The summed E-state index contributed by atoms with van der Waals surface area (Å²) in [5, 5.41) is -0.433. The number of hydrogen-bond donors (Lipinski definition) is 1. The zero-order valence-electron chi connectivity index (χ0n) is 10.7. The molecule has 0 radical (unpaired) electrons. The van der Waals surface area contributed by atoms with Gasteiger partial charge in [-0.1, -0.05) is 15.9 Å². The van der Waals surface area contributed by atoms with E-state index in [1.54, 1.807) is 13.8 Å². The summed E-state index contributed by atoms with van der Waals surface area (Å²) >= 11 is 3.34. The second-order valence-electron chi connectivity index (χ2n) is 4.32. The highest BCUT2D eigenvalue weighted by molar-refractivity contribution is 9.10. The van der Waals surface area contributed by atoms with Crippen LogP contribution in [0, 0.1) is 0 Å². The molecule has 1 atom stereocenters. The van der Waals surface area contributed by atoms with Crippen molar-refractivity contribution in [2.45, 2.75) is 32.1 Å². The van der Waals surface area contributed by atoms with Gasteiger partial charge in [-0.3, -0.25) is 0 Å². The molecule has 0 amide bonds. The van der Waals surface area contributed by atoms with E-state index in [9.17, 15) is 8.42 Å². The highest BCUT2D eigenvalue weighted by Gasteiger charge is 2.16. The zero-order chi connectivity index (χ0) is 13.8. The van der Waals surface area contributed by atoms with E-state index in [1.807, 2.05) is 31.2 Å². The Labute approximate surface area is 117 Å². The molecule has 0 aliphatic rings. The fourth-order valence-corrected chi connectivity index (χ4v) is 2.25. The predicted molar refractivity (Wildman–Crippen MR) is 76.3 cm³/mol. The first kappa shape index (κ1) is 15.5. The lowest BCUT2D eigenvalue weighted by molar-refractivity contribution is 0.225. The number of sulfonamides is 1. The van der Waals surface area contributed by atoms with Crippen LogP contribution in [-0.2, 0) is 10.0 Å². The van der Waals surface area contributed by atoms with Crippen LogP contribution in [-0.4, -0.2) is 26.3 Å². The number of ether oxygens (including phenoxy) is 1. The summed E-state index contributed by atoms with van der Waals surface area (Å²) in [6.07, 6.45) is -0.222. The molecule has 4 nitrogen and oxygen atoms in total. The lowest BCUT2D eigenvalue weighted by Gasteiger charge is -2.16. The van der Waals surface area contributed by atoms with Gasteiger partial charge in [0, 0.05) is 11.0 Å². The van der Waals surface area contributed by atoms with Gasteiger partial charge in [0.05, 0.1) is 5.25 Å². The molecule has 1 aromatic rings. The molecule has 0 bridgehead atoms. The van der Waals surface area contributed by atoms with E-state index >= 15 is 0 Å². The first-order valence-electron chi connectivity index (χ1n) is 5.72. The van der Waals surface area contributed by atoms with E-state index in [0.717, 1.165) is 10.2 Å². The van der Waals surface area contributed by atoms with Gasteiger partial charge >= 0.3 is 0 Å². The molecule has 1 unspecified atom stereocenters. The molecule has 0 aliphatic carbocycles. The number of rotatable bonds is 6. The molecule has 1 rings (SSSR count). The van der Waals surface area contributed by atoms with E-state index < -0.39 is 15.3 Å². The summed E-state index contributed by atoms with van der Waals surface area (Å²) in [7, 11) is -3.23. The number of hydrogen-bond acceptors (Lipinski definition) is 3. The smallest absolute Gasteiger partial charge is 0.214 e. The van der Waals surface area contributed by atoms with Crippen LogP contribution in [0.4, 0.5) is 0 Å². The average molecular weight is 336 g/mol. The Morgan fingerprint density at radius 1 is 1.22 bits per heavy atom. The average Bonchev–Trinajstić information content (AvgIpc) is 2.29. The highest BCUT2D eigenvalue weighted by Crippen LogP contribution is 2.17. The Morgan fingerprint density at radius 2 is 1.78 bits per heavy atom. The van der Waals surface area contributed by atoms with Crippen molar-refractivity contribution in [2.24, 2.45) is 0 Å². The molecule has 0 aromatic heterocycles. The molecule has 0 saturated carbocycles. The number of nitrogens with one attached hydrogen (secondary N) is 1. The van der Waals surface area contributed by atoms with Crippen molar-refractivity contribution in [3.63, 3.8) is 0 Å². The molecular weight excluding hydrogens is 318 g/mol. The van der Waals surface area contributed by atoms with Crippen LogP contribution in [0.1, 0.15) is 20.8 Å². The Balaban J connectivity index is 2.48. The SMILES string of the molecule is CC(CNS(=O)(=O)C(C)C)Oc1ccc(Br)cc1. The van der Waals surface area contributed by atoms with Crippen LogP contribution >= 0.6 is 15.9 Å². The van der Waals surface area contributed by atoms with Crippen LogP contribution in [0.3, 0.4) is 0 Å². The summed E-state index contributed by atoms with van der Waals surface area (Å²) in [5.41, 5.74) is 0. The van der Waals surface area contributed by atoms with Gasteiger partial charge in [0.15, 0.2) is 0 Å². The van der Waals surface area contributed by atoms with Crippen LogP contribution in [0.5, 0.6) is 5.75 Å². The second-order valence-corrected chi connectivity index (χ2v) is 7.56. The topological polar surface area (TPSA) is 55.4 Å². The monoisotopic (exact) mass is 335 g/mol. The summed E-state index contributed by atoms with van der Waals surface area (Å²) in [6.45, 7) is 5.37. The van der Waals surface area contributed by atoms with Crippen molar-refractivity contribution < 1.29 is 13.2 Å². The minimum atomic E-state index is -3.23. The van der Waals surface area contributed by atoms with Gasteiger partial charge in [0.2, 0.25) is 10.0 Å². The fraction of sp³-hybridized carbons (Fsp3) is 0.500. The van der Waals surface area contributed by atoms with E-state index in [2.05, 4.69) is 20.7 Å². The summed E-state index contributed by atoms with van der Waals surface area (Å²) in [5.74, 6) is 0.717. The van der Waals surface area contributed by atoms with Gasteiger partial charge in [-0.25, -0.2) is 13.1 Å². The zero-order valence-corrected chi connectivity index (χ0v) is 13.1. The minimum absolute atomic E-state index is 0.222. The fourth-order valence-electron chi connectivity index (χ4n) is 1.19. The van der Waals surface area contributed by atoms with Gasteiger partial charge < -0.3 is 4.74 Å². The number of benzene rings is 1. The maximum absolute atomic E-state index is 11.6. The quantitative estimate of drug-likeness (QED) is 0.869. The predicted octanol–water partition coefficient (Wildman–Crippen LogP) is 2.54. The van der Waals surface area contributed by atoms with Crippen LogP contribution in [0.25, 0.3) is 0 Å². The van der Waals surface area contributed by atoms with Gasteiger partial charge in [-0.15, -0.1) is 0 Å². The molecule has 0 aliphatic heterocycles. The standard InChI is InChI=1S/C12H18BrNO3S/c1-9(2)18(15,16)14-8-10(3)17-12-6-4-11(13)5-7-12/h4-7,9-10,14H,8H2,1-3H3. The lowest BCUT2D eigenvalue weighted by Crippen LogP contribution is -2.37. The Hall–Kier alpha value is -0.590. The highest BCUT2D eigenvalue weighted by atomic mass is 79.9. The van der Waals surface area contributed by atoms with Gasteiger partial charge in [0.1, 0.15) is 11.9 Å².